The molecular weight excluding hydrogens is 326 g/mol. The fraction of sp³-hybridized carbons (Fsp3) is 0.500. The molecule has 0 saturated carbocycles. The van der Waals surface area contributed by atoms with E-state index in [0.717, 1.165) is 24.8 Å². The maximum atomic E-state index is 12.2. The van der Waals surface area contributed by atoms with E-state index in [-0.39, 0.29) is 23.2 Å². The van der Waals surface area contributed by atoms with Gasteiger partial charge in [0, 0.05) is 18.7 Å². The molecule has 0 bridgehead atoms. The van der Waals surface area contributed by atoms with Crippen molar-refractivity contribution in [2.24, 2.45) is 5.73 Å². The number of hydrogen-bond donors (Lipinski definition) is 3. The van der Waals surface area contributed by atoms with E-state index in [1.807, 2.05) is 0 Å². The molecule has 1 aliphatic rings. The van der Waals surface area contributed by atoms with Crippen molar-refractivity contribution >= 4 is 34.0 Å². The largest absolute Gasteiger partial charge is 0.330 e. The number of rotatable bonds is 6. The molecule has 0 radical (unpaired) electrons. The van der Waals surface area contributed by atoms with Gasteiger partial charge in [0.05, 0.1) is 4.90 Å². The Morgan fingerprint density at radius 3 is 2.73 bits per heavy atom. The number of sulfonamides is 1. The lowest BCUT2D eigenvalue weighted by Crippen LogP contribution is -2.25. The van der Waals surface area contributed by atoms with Crippen LogP contribution < -0.4 is 15.8 Å². The van der Waals surface area contributed by atoms with Crippen molar-refractivity contribution in [2.75, 3.05) is 18.4 Å². The lowest BCUT2D eigenvalue weighted by atomic mass is 10.1. The number of nitrogens with two attached hydrogens (primary N) is 1. The van der Waals surface area contributed by atoms with E-state index in [4.69, 9.17) is 5.73 Å². The standard InChI is InChI=1S/C14H21N3O3S.ClH/c15-8-1-2-9-16-21(19,20)12-6-7-13-11(10-12)4-3-5-14(18)17-13;/h6-7,10,16H,1-5,8-9,15H2,(H,17,18);1H. The minimum Gasteiger partial charge on any atom is -0.330 e. The van der Waals surface area contributed by atoms with Gasteiger partial charge in [-0.25, -0.2) is 13.1 Å². The Kier molecular flexibility index (Phi) is 7.28. The van der Waals surface area contributed by atoms with Crippen LogP contribution in [0.3, 0.4) is 0 Å². The number of aryl methyl sites for hydroxylation is 1. The topological polar surface area (TPSA) is 101 Å². The number of fused-ring (bicyclic) bond motifs is 1. The molecular formula is C14H22ClN3O3S. The average molecular weight is 348 g/mol. The molecule has 1 amide bonds. The van der Waals surface area contributed by atoms with Crippen LogP contribution in [-0.4, -0.2) is 27.4 Å². The van der Waals surface area contributed by atoms with Gasteiger partial charge in [0.15, 0.2) is 0 Å². The second-order valence-corrected chi connectivity index (χ2v) is 6.88. The molecule has 0 aliphatic carbocycles. The number of anilines is 1. The van der Waals surface area contributed by atoms with Crippen molar-refractivity contribution in [2.45, 2.75) is 37.0 Å². The summed E-state index contributed by atoms with van der Waals surface area (Å²) in [5.41, 5.74) is 6.95. The van der Waals surface area contributed by atoms with Crippen molar-refractivity contribution in [1.82, 2.24) is 4.72 Å². The fourth-order valence-corrected chi connectivity index (χ4v) is 3.40. The Hall–Kier alpha value is -1.15. The van der Waals surface area contributed by atoms with E-state index >= 15 is 0 Å². The van der Waals surface area contributed by atoms with E-state index in [0.29, 0.717) is 31.6 Å². The van der Waals surface area contributed by atoms with E-state index in [9.17, 15) is 13.2 Å². The average Bonchev–Trinajstić information content (AvgIpc) is 2.63. The zero-order valence-electron chi connectivity index (χ0n) is 12.3. The quantitative estimate of drug-likeness (QED) is 0.677. The van der Waals surface area contributed by atoms with Crippen LogP contribution in [0.2, 0.25) is 0 Å². The molecule has 1 aromatic carbocycles. The number of hydrogen-bond acceptors (Lipinski definition) is 4. The summed E-state index contributed by atoms with van der Waals surface area (Å²) in [5, 5.41) is 2.79. The highest BCUT2D eigenvalue weighted by atomic mass is 35.5. The van der Waals surface area contributed by atoms with Crippen LogP contribution in [0, 0.1) is 0 Å². The zero-order valence-corrected chi connectivity index (χ0v) is 13.9. The first-order valence-electron chi connectivity index (χ1n) is 7.15. The maximum Gasteiger partial charge on any atom is 0.240 e. The van der Waals surface area contributed by atoms with Gasteiger partial charge in [-0.1, -0.05) is 0 Å². The molecule has 0 atom stereocenters. The number of nitrogens with one attached hydrogen (secondary N) is 2. The Morgan fingerprint density at radius 2 is 2.00 bits per heavy atom. The lowest BCUT2D eigenvalue weighted by molar-refractivity contribution is -0.116. The Labute approximate surface area is 137 Å². The summed E-state index contributed by atoms with van der Waals surface area (Å²) >= 11 is 0. The maximum absolute atomic E-state index is 12.2. The second-order valence-electron chi connectivity index (χ2n) is 5.11. The van der Waals surface area contributed by atoms with Gasteiger partial charge in [-0.05, 0) is 56.0 Å². The zero-order chi connectivity index (χ0) is 15.3. The number of carbonyl (C=O) groups is 1. The summed E-state index contributed by atoms with van der Waals surface area (Å²) in [5.74, 6) is -0.0238. The number of unbranched alkanes of at least 4 members (excludes halogenated alkanes) is 1. The van der Waals surface area contributed by atoms with Crippen molar-refractivity contribution < 1.29 is 13.2 Å². The summed E-state index contributed by atoms with van der Waals surface area (Å²) in [6, 6.07) is 4.83. The molecule has 0 aromatic heterocycles. The smallest absolute Gasteiger partial charge is 0.240 e. The first kappa shape index (κ1) is 18.9. The molecule has 1 aliphatic heterocycles. The summed E-state index contributed by atoms with van der Waals surface area (Å²) in [4.78, 5) is 11.7. The van der Waals surface area contributed by atoms with E-state index in [1.165, 1.54) is 6.07 Å². The fourth-order valence-electron chi connectivity index (χ4n) is 2.28. The van der Waals surface area contributed by atoms with E-state index in [2.05, 4.69) is 10.0 Å². The van der Waals surface area contributed by atoms with Crippen LogP contribution in [0.5, 0.6) is 0 Å². The molecule has 0 fully saturated rings. The summed E-state index contributed by atoms with van der Waals surface area (Å²) < 4.78 is 27.0. The normalized spacial score (nSPS) is 14.5. The van der Waals surface area contributed by atoms with Crippen LogP contribution in [0.25, 0.3) is 0 Å². The monoisotopic (exact) mass is 347 g/mol. The Balaban J connectivity index is 0.00000242. The minimum atomic E-state index is -3.50. The van der Waals surface area contributed by atoms with E-state index < -0.39 is 10.0 Å². The first-order chi connectivity index (χ1) is 10.0. The van der Waals surface area contributed by atoms with Gasteiger partial charge in [0.1, 0.15) is 0 Å². The predicted octanol–water partition coefficient (Wildman–Crippen LogP) is 1.40. The Morgan fingerprint density at radius 1 is 1.23 bits per heavy atom. The SMILES string of the molecule is Cl.NCCCCNS(=O)(=O)c1ccc2c(c1)CCCC(=O)N2. The summed E-state index contributed by atoms with van der Waals surface area (Å²) in [6.45, 7) is 0.938. The Bertz CT molecular complexity index is 620. The van der Waals surface area contributed by atoms with Crippen LogP contribution in [0.1, 0.15) is 31.2 Å². The molecule has 1 heterocycles. The lowest BCUT2D eigenvalue weighted by Gasteiger charge is -2.11. The van der Waals surface area contributed by atoms with Gasteiger partial charge in [0.25, 0.3) is 0 Å². The molecule has 0 unspecified atom stereocenters. The van der Waals surface area contributed by atoms with Gasteiger partial charge < -0.3 is 11.1 Å². The summed E-state index contributed by atoms with van der Waals surface area (Å²) in [6.07, 6.45) is 3.40. The third kappa shape index (κ3) is 4.95. The summed E-state index contributed by atoms with van der Waals surface area (Å²) in [7, 11) is -3.50. The van der Waals surface area contributed by atoms with E-state index in [1.54, 1.807) is 12.1 Å². The molecule has 1 aromatic rings. The molecule has 0 saturated heterocycles. The highest BCUT2D eigenvalue weighted by molar-refractivity contribution is 7.89. The number of halogens is 1. The molecule has 8 heteroatoms. The molecule has 0 spiro atoms. The van der Waals surface area contributed by atoms with Gasteiger partial charge in [-0.15, -0.1) is 12.4 Å². The molecule has 22 heavy (non-hydrogen) atoms. The first-order valence-corrected chi connectivity index (χ1v) is 8.64. The molecule has 2 rings (SSSR count). The number of benzene rings is 1. The van der Waals surface area contributed by atoms with Crippen molar-refractivity contribution in [1.29, 1.82) is 0 Å². The van der Waals surface area contributed by atoms with Crippen LogP contribution >= 0.6 is 12.4 Å². The predicted molar refractivity (Wildman–Crippen MR) is 88.7 cm³/mol. The van der Waals surface area contributed by atoms with Gasteiger partial charge in [-0.3, -0.25) is 4.79 Å². The van der Waals surface area contributed by atoms with Crippen molar-refractivity contribution in [3.8, 4) is 0 Å². The van der Waals surface area contributed by atoms with Crippen LogP contribution in [0.15, 0.2) is 23.1 Å². The van der Waals surface area contributed by atoms with Gasteiger partial charge in [-0.2, -0.15) is 0 Å². The van der Waals surface area contributed by atoms with Crippen molar-refractivity contribution in [3.05, 3.63) is 23.8 Å². The minimum absolute atomic E-state index is 0. The second kappa shape index (κ2) is 8.47. The van der Waals surface area contributed by atoms with Crippen LogP contribution in [-0.2, 0) is 21.2 Å². The number of carbonyl (C=O) groups excluding carboxylic acids is 1. The third-order valence-electron chi connectivity index (χ3n) is 3.43. The highest BCUT2D eigenvalue weighted by Gasteiger charge is 2.18. The van der Waals surface area contributed by atoms with Gasteiger partial charge >= 0.3 is 0 Å². The van der Waals surface area contributed by atoms with Gasteiger partial charge in [0.2, 0.25) is 15.9 Å². The van der Waals surface area contributed by atoms with Crippen molar-refractivity contribution in [3.63, 3.8) is 0 Å². The molecule has 6 nitrogen and oxygen atoms in total. The van der Waals surface area contributed by atoms with Crippen LogP contribution in [0.4, 0.5) is 5.69 Å². The molecule has 124 valence electrons. The molecule has 4 N–H and O–H groups in total. The highest BCUT2D eigenvalue weighted by Crippen LogP contribution is 2.25. The third-order valence-corrected chi connectivity index (χ3v) is 4.89. The number of amides is 1.